The van der Waals surface area contributed by atoms with Crippen molar-refractivity contribution in [3.63, 3.8) is 0 Å². The summed E-state index contributed by atoms with van der Waals surface area (Å²) < 4.78 is 0. The largest absolute Gasteiger partial charge is 0.480 e. The lowest BCUT2D eigenvalue weighted by molar-refractivity contribution is -0.155. The van der Waals surface area contributed by atoms with Crippen LogP contribution in [0.15, 0.2) is 0 Å². The topological polar surface area (TPSA) is 40.5 Å². The van der Waals surface area contributed by atoms with E-state index in [2.05, 4.69) is 6.92 Å². The van der Waals surface area contributed by atoms with E-state index in [0.29, 0.717) is 12.3 Å². The van der Waals surface area contributed by atoms with Crippen LogP contribution in [0.5, 0.6) is 0 Å². The Labute approximate surface area is 73.4 Å². The summed E-state index contributed by atoms with van der Waals surface area (Å²) in [6.45, 7) is 7.74. The molecule has 0 bridgehead atoms. The number of hydrogen-bond donors (Lipinski definition) is 1. The minimum absolute atomic E-state index is 0.632. The van der Waals surface area contributed by atoms with E-state index in [1.54, 1.807) is 6.92 Å². The molecular formula is C9H17NO2. The molecule has 70 valence electrons. The number of carbonyl (C=O) groups is 1. The third-order valence-corrected chi connectivity index (χ3v) is 2.91. The molecule has 1 fully saturated rings. The predicted octanol–water partition coefficient (Wildman–Crippen LogP) is 1.19. The van der Waals surface area contributed by atoms with Crippen molar-refractivity contribution in [1.29, 1.82) is 0 Å². The molecule has 0 aromatic heterocycles. The van der Waals surface area contributed by atoms with Crippen molar-refractivity contribution in [2.24, 2.45) is 5.92 Å². The number of rotatable bonds is 3. The maximum absolute atomic E-state index is 11.0. The van der Waals surface area contributed by atoms with Crippen molar-refractivity contribution in [1.82, 2.24) is 4.90 Å². The highest BCUT2D eigenvalue weighted by Gasteiger charge is 2.42. The number of aliphatic carboxylic acids is 1. The Morgan fingerprint density at radius 1 is 1.67 bits per heavy atom. The summed E-state index contributed by atoms with van der Waals surface area (Å²) in [7, 11) is 0. The molecule has 1 heterocycles. The first-order chi connectivity index (χ1) is 5.50. The van der Waals surface area contributed by atoms with Gasteiger partial charge in [-0.1, -0.05) is 13.8 Å². The zero-order chi connectivity index (χ0) is 9.35. The minimum atomic E-state index is -0.697. The van der Waals surface area contributed by atoms with Crippen LogP contribution in [0.3, 0.4) is 0 Å². The maximum Gasteiger partial charge on any atom is 0.323 e. The zero-order valence-corrected chi connectivity index (χ0v) is 8.00. The normalized spacial score (nSPS) is 24.6. The average molecular weight is 171 g/mol. The van der Waals surface area contributed by atoms with Gasteiger partial charge >= 0.3 is 5.97 Å². The molecule has 1 N–H and O–H groups in total. The first-order valence-electron chi connectivity index (χ1n) is 4.49. The predicted molar refractivity (Wildman–Crippen MR) is 47.1 cm³/mol. The monoisotopic (exact) mass is 171 g/mol. The summed E-state index contributed by atoms with van der Waals surface area (Å²) in [5, 5.41) is 9.01. The number of carboxylic acid groups (broad SMARTS) is 1. The van der Waals surface area contributed by atoms with Gasteiger partial charge in [-0.25, -0.2) is 0 Å². The molecular weight excluding hydrogens is 154 g/mol. The smallest absolute Gasteiger partial charge is 0.323 e. The maximum atomic E-state index is 11.0. The van der Waals surface area contributed by atoms with E-state index in [9.17, 15) is 4.79 Å². The van der Waals surface area contributed by atoms with Gasteiger partial charge in [0.05, 0.1) is 0 Å². The fourth-order valence-corrected chi connectivity index (χ4v) is 1.61. The van der Waals surface area contributed by atoms with Gasteiger partial charge in [0.25, 0.3) is 0 Å². The van der Waals surface area contributed by atoms with Crippen LogP contribution < -0.4 is 0 Å². The van der Waals surface area contributed by atoms with E-state index in [4.69, 9.17) is 5.11 Å². The molecule has 3 nitrogen and oxygen atoms in total. The molecule has 1 unspecified atom stereocenters. The van der Waals surface area contributed by atoms with Crippen LogP contribution in [0.25, 0.3) is 0 Å². The van der Waals surface area contributed by atoms with Gasteiger partial charge in [-0.05, 0) is 19.3 Å². The van der Waals surface area contributed by atoms with E-state index in [1.165, 1.54) is 0 Å². The molecule has 0 aromatic rings. The second kappa shape index (κ2) is 3.05. The summed E-state index contributed by atoms with van der Waals surface area (Å²) in [6, 6.07) is 0. The standard InChI is InChI=1S/C9H17NO2/c1-4-9(3,8(11)12)10-5-7(2)6-10/h7H,4-6H2,1-3H3,(H,11,12). The second-order valence-corrected chi connectivity index (χ2v) is 3.94. The molecule has 0 aromatic carbocycles. The lowest BCUT2D eigenvalue weighted by atomic mass is 9.89. The van der Waals surface area contributed by atoms with Gasteiger partial charge in [-0.3, -0.25) is 9.69 Å². The number of likely N-dealkylation sites (tertiary alicyclic amines) is 1. The third kappa shape index (κ3) is 1.33. The Balaban J connectivity index is 2.62. The van der Waals surface area contributed by atoms with Crippen LogP contribution in [0.2, 0.25) is 0 Å². The fourth-order valence-electron chi connectivity index (χ4n) is 1.61. The molecule has 1 aliphatic rings. The van der Waals surface area contributed by atoms with Crippen LogP contribution in [0.4, 0.5) is 0 Å². The zero-order valence-electron chi connectivity index (χ0n) is 8.00. The molecule has 0 radical (unpaired) electrons. The van der Waals surface area contributed by atoms with Gasteiger partial charge in [0.15, 0.2) is 0 Å². The van der Waals surface area contributed by atoms with Crippen molar-refractivity contribution in [3.05, 3.63) is 0 Å². The highest BCUT2D eigenvalue weighted by Crippen LogP contribution is 2.28. The quantitative estimate of drug-likeness (QED) is 0.693. The summed E-state index contributed by atoms with van der Waals surface area (Å²) in [5.74, 6) is -0.0351. The van der Waals surface area contributed by atoms with Crippen LogP contribution in [0.1, 0.15) is 27.2 Å². The SMILES string of the molecule is CCC(C)(C(=O)O)N1CC(C)C1. The number of nitrogens with zero attached hydrogens (tertiary/aromatic N) is 1. The van der Waals surface area contributed by atoms with Crippen LogP contribution in [-0.4, -0.2) is 34.6 Å². The first kappa shape index (κ1) is 9.52. The fraction of sp³-hybridized carbons (Fsp3) is 0.889. The highest BCUT2D eigenvalue weighted by atomic mass is 16.4. The molecule has 0 saturated carbocycles. The summed E-state index contributed by atoms with van der Waals surface area (Å²) in [5.41, 5.74) is -0.632. The van der Waals surface area contributed by atoms with Crippen LogP contribution in [0, 0.1) is 5.92 Å². The van der Waals surface area contributed by atoms with Crippen LogP contribution in [-0.2, 0) is 4.79 Å². The van der Waals surface area contributed by atoms with Gasteiger partial charge in [0.1, 0.15) is 5.54 Å². The van der Waals surface area contributed by atoms with E-state index in [-0.39, 0.29) is 0 Å². The summed E-state index contributed by atoms with van der Waals surface area (Å²) >= 11 is 0. The van der Waals surface area contributed by atoms with Crippen molar-refractivity contribution in [3.8, 4) is 0 Å². The Hall–Kier alpha value is -0.570. The molecule has 1 aliphatic heterocycles. The molecule has 0 aliphatic carbocycles. The Bertz CT molecular complexity index is 187. The molecule has 1 atom stereocenters. The molecule has 12 heavy (non-hydrogen) atoms. The number of carboxylic acids is 1. The molecule has 0 spiro atoms. The van der Waals surface area contributed by atoms with Crippen molar-refractivity contribution < 1.29 is 9.90 Å². The van der Waals surface area contributed by atoms with Crippen molar-refractivity contribution in [2.75, 3.05) is 13.1 Å². The summed E-state index contributed by atoms with van der Waals surface area (Å²) in [6.07, 6.45) is 0.676. The average Bonchev–Trinajstić information content (AvgIpc) is 1.97. The summed E-state index contributed by atoms with van der Waals surface area (Å²) in [4.78, 5) is 13.0. The van der Waals surface area contributed by atoms with Crippen LogP contribution >= 0.6 is 0 Å². The van der Waals surface area contributed by atoms with Gasteiger partial charge in [0.2, 0.25) is 0 Å². The van der Waals surface area contributed by atoms with Crippen molar-refractivity contribution in [2.45, 2.75) is 32.7 Å². The lowest BCUT2D eigenvalue weighted by Gasteiger charge is -2.47. The molecule has 1 rings (SSSR count). The van der Waals surface area contributed by atoms with E-state index < -0.39 is 11.5 Å². The van der Waals surface area contributed by atoms with E-state index >= 15 is 0 Å². The molecule has 0 amide bonds. The van der Waals surface area contributed by atoms with Gasteiger partial charge < -0.3 is 5.11 Å². The minimum Gasteiger partial charge on any atom is -0.480 e. The Morgan fingerprint density at radius 2 is 2.17 bits per heavy atom. The highest BCUT2D eigenvalue weighted by molar-refractivity contribution is 5.78. The number of hydrogen-bond acceptors (Lipinski definition) is 2. The Morgan fingerprint density at radius 3 is 2.42 bits per heavy atom. The van der Waals surface area contributed by atoms with Crippen molar-refractivity contribution >= 4 is 5.97 Å². The first-order valence-corrected chi connectivity index (χ1v) is 4.49. The molecule has 3 heteroatoms. The Kier molecular flexibility index (Phi) is 2.42. The van der Waals surface area contributed by atoms with E-state index in [0.717, 1.165) is 13.1 Å². The van der Waals surface area contributed by atoms with E-state index in [1.807, 2.05) is 11.8 Å². The third-order valence-electron chi connectivity index (χ3n) is 2.91. The van der Waals surface area contributed by atoms with Gasteiger partial charge in [-0.2, -0.15) is 0 Å². The lowest BCUT2D eigenvalue weighted by Crippen LogP contribution is -2.61. The second-order valence-electron chi connectivity index (χ2n) is 3.94. The molecule has 1 saturated heterocycles. The van der Waals surface area contributed by atoms with Gasteiger partial charge in [0, 0.05) is 13.1 Å². The van der Waals surface area contributed by atoms with Gasteiger partial charge in [-0.15, -0.1) is 0 Å².